The van der Waals surface area contributed by atoms with Crippen molar-refractivity contribution in [2.24, 2.45) is 11.8 Å². The fraction of sp³-hybridized carbons (Fsp3) is 0.538. The van der Waals surface area contributed by atoms with Gasteiger partial charge >= 0.3 is 0 Å². The predicted octanol–water partition coefficient (Wildman–Crippen LogP) is 3.32. The Morgan fingerprint density at radius 2 is 2.00 bits per heavy atom. The summed E-state index contributed by atoms with van der Waals surface area (Å²) < 4.78 is 0. The van der Waals surface area contributed by atoms with Crippen LogP contribution >= 0.6 is 0 Å². The van der Waals surface area contributed by atoms with Gasteiger partial charge in [-0.3, -0.25) is 0 Å². The summed E-state index contributed by atoms with van der Waals surface area (Å²) in [6.07, 6.45) is 1.21. The van der Waals surface area contributed by atoms with Crippen molar-refractivity contribution >= 4 is 5.69 Å². The van der Waals surface area contributed by atoms with Crippen LogP contribution in [0.5, 0.6) is 0 Å². The third kappa shape index (κ3) is 1.63. The van der Waals surface area contributed by atoms with E-state index in [9.17, 15) is 0 Å². The lowest BCUT2D eigenvalue weighted by atomic mass is 9.83. The quantitative estimate of drug-likeness (QED) is 0.714. The van der Waals surface area contributed by atoms with E-state index in [1.807, 2.05) is 0 Å². The van der Waals surface area contributed by atoms with Crippen LogP contribution in [0.4, 0.5) is 5.69 Å². The first-order valence-corrected chi connectivity index (χ1v) is 5.53. The highest BCUT2D eigenvalue weighted by Crippen LogP contribution is 2.30. The smallest absolute Gasteiger partial charge is 0.0375 e. The molecule has 0 amide bonds. The van der Waals surface area contributed by atoms with Gasteiger partial charge in [0.15, 0.2) is 0 Å². The number of benzene rings is 1. The Morgan fingerprint density at radius 3 is 2.71 bits per heavy atom. The summed E-state index contributed by atoms with van der Waals surface area (Å²) in [4.78, 5) is 0. The second kappa shape index (κ2) is 3.64. The average Bonchev–Trinajstić information content (AvgIpc) is 2.16. The lowest BCUT2D eigenvalue weighted by Gasteiger charge is -2.35. The lowest BCUT2D eigenvalue weighted by molar-refractivity contribution is 0.376. The molecule has 0 fully saturated rings. The fourth-order valence-corrected chi connectivity index (χ4v) is 2.46. The zero-order chi connectivity index (χ0) is 10.1. The molecule has 0 saturated heterocycles. The molecule has 76 valence electrons. The highest BCUT2D eigenvalue weighted by atomic mass is 14.9. The van der Waals surface area contributed by atoms with Gasteiger partial charge in [0.2, 0.25) is 0 Å². The van der Waals surface area contributed by atoms with Crippen LogP contribution in [-0.2, 0) is 6.42 Å². The molecule has 2 unspecified atom stereocenters. The van der Waals surface area contributed by atoms with E-state index in [2.05, 4.69) is 50.4 Å². The summed E-state index contributed by atoms with van der Waals surface area (Å²) in [7, 11) is 0. The van der Waals surface area contributed by atoms with Gasteiger partial charge in [-0.05, 0) is 29.9 Å². The summed E-state index contributed by atoms with van der Waals surface area (Å²) in [5.74, 6) is 1.45. The van der Waals surface area contributed by atoms with Crippen LogP contribution < -0.4 is 5.32 Å². The molecule has 1 heteroatoms. The molecule has 0 radical (unpaired) electrons. The maximum atomic E-state index is 3.65. The van der Waals surface area contributed by atoms with Crippen molar-refractivity contribution in [3.8, 4) is 0 Å². The lowest BCUT2D eigenvalue weighted by Crippen LogP contribution is -2.37. The molecular formula is C13H19N. The first-order chi connectivity index (χ1) is 6.68. The Morgan fingerprint density at radius 1 is 1.29 bits per heavy atom. The zero-order valence-electron chi connectivity index (χ0n) is 9.25. The van der Waals surface area contributed by atoms with E-state index in [1.165, 1.54) is 17.7 Å². The van der Waals surface area contributed by atoms with Gasteiger partial charge in [0.25, 0.3) is 0 Å². The van der Waals surface area contributed by atoms with Crippen LogP contribution in [0.3, 0.4) is 0 Å². The van der Waals surface area contributed by atoms with E-state index < -0.39 is 0 Å². The Labute approximate surface area is 86.5 Å². The molecule has 1 nitrogen and oxygen atoms in total. The van der Waals surface area contributed by atoms with Crippen molar-refractivity contribution in [2.75, 3.05) is 5.32 Å². The first-order valence-electron chi connectivity index (χ1n) is 5.53. The highest BCUT2D eigenvalue weighted by molar-refractivity contribution is 5.54. The summed E-state index contributed by atoms with van der Waals surface area (Å²) in [5, 5.41) is 3.65. The SMILES string of the molecule is CC(C)C1Nc2ccccc2CC1C. The minimum atomic E-state index is 0.630. The van der Waals surface area contributed by atoms with Crippen LogP contribution in [0.15, 0.2) is 24.3 Å². The molecule has 1 heterocycles. The molecule has 0 bridgehead atoms. The number of nitrogens with one attached hydrogen (secondary N) is 1. The third-order valence-corrected chi connectivity index (χ3v) is 3.21. The number of hydrogen-bond acceptors (Lipinski definition) is 1. The van der Waals surface area contributed by atoms with Crippen LogP contribution in [-0.4, -0.2) is 6.04 Å². The van der Waals surface area contributed by atoms with Crippen LogP contribution in [0.1, 0.15) is 26.3 Å². The zero-order valence-corrected chi connectivity index (χ0v) is 9.25. The molecule has 2 atom stereocenters. The second-order valence-corrected chi connectivity index (χ2v) is 4.75. The third-order valence-electron chi connectivity index (χ3n) is 3.21. The van der Waals surface area contributed by atoms with E-state index in [-0.39, 0.29) is 0 Å². The van der Waals surface area contributed by atoms with Crippen LogP contribution in [0.25, 0.3) is 0 Å². The Balaban J connectivity index is 2.27. The normalized spacial score (nSPS) is 25.7. The minimum absolute atomic E-state index is 0.630. The van der Waals surface area contributed by atoms with Crippen molar-refractivity contribution in [2.45, 2.75) is 33.2 Å². The van der Waals surface area contributed by atoms with Crippen molar-refractivity contribution in [3.05, 3.63) is 29.8 Å². The average molecular weight is 189 g/mol. The molecule has 0 aromatic heterocycles. The van der Waals surface area contributed by atoms with Crippen LogP contribution in [0.2, 0.25) is 0 Å². The number of anilines is 1. The topological polar surface area (TPSA) is 12.0 Å². The van der Waals surface area contributed by atoms with Gasteiger partial charge in [0.05, 0.1) is 0 Å². The van der Waals surface area contributed by atoms with Gasteiger partial charge in [-0.2, -0.15) is 0 Å². The summed E-state index contributed by atoms with van der Waals surface area (Å²) >= 11 is 0. The van der Waals surface area contributed by atoms with Gasteiger partial charge in [0.1, 0.15) is 0 Å². The summed E-state index contributed by atoms with van der Waals surface area (Å²) in [5.41, 5.74) is 2.81. The molecule has 1 aliphatic rings. The van der Waals surface area contributed by atoms with Gasteiger partial charge in [-0.15, -0.1) is 0 Å². The maximum absolute atomic E-state index is 3.65. The monoisotopic (exact) mass is 189 g/mol. The summed E-state index contributed by atoms with van der Waals surface area (Å²) in [6.45, 7) is 6.93. The van der Waals surface area contributed by atoms with E-state index in [4.69, 9.17) is 0 Å². The molecule has 2 rings (SSSR count). The number of hydrogen-bond donors (Lipinski definition) is 1. The van der Waals surface area contributed by atoms with E-state index >= 15 is 0 Å². The first kappa shape index (κ1) is 9.57. The molecule has 1 aromatic carbocycles. The summed E-state index contributed by atoms with van der Waals surface area (Å²) in [6, 6.07) is 9.29. The molecule has 1 N–H and O–H groups in total. The minimum Gasteiger partial charge on any atom is -0.382 e. The Hall–Kier alpha value is -0.980. The standard InChI is InChI=1S/C13H19N/c1-9(2)13-10(3)8-11-6-4-5-7-12(11)14-13/h4-7,9-10,13-14H,8H2,1-3H3. The fourth-order valence-electron chi connectivity index (χ4n) is 2.46. The molecule has 1 aromatic rings. The molecule has 0 aliphatic carbocycles. The highest BCUT2D eigenvalue weighted by Gasteiger charge is 2.26. The van der Waals surface area contributed by atoms with Crippen molar-refractivity contribution in [1.82, 2.24) is 0 Å². The van der Waals surface area contributed by atoms with Crippen molar-refractivity contribution in [3.63, 3.8) is 0 Å². The molecule has 14 heavy (non-hydrogen) atoms. The van der Waals surface area contributed by atoms with Crippen molar-refractivity contribution < 1.29 is 0 Å². The van der Waals surface area contributed by atoms with Gasteiger partial charge in [-0.25, -0.2) is 0 Å². The largest absolute Gasteiger partial charge is 0.382 e. The molecule has 1 aliphatic heterocycles. The van der Waals surface area contributed by atoms with E-state index in [1.54, 1.807) is 0 Å². The number of para-hydroxylation sites is 1. The molecule has 0 saturated carbocycles. The number of fused-ring (bicyclic) bond motifs is 1. The predicted molar refractivity (Wildman–Crippen MR) is 61.6 cm³/mol. The van der Waals surface area contributed by atoms with Gasteiger partial charge in [0, 0.05) is 11.7 Å². The van der Waals surface area contributed by atoms with Crippen LogP contribution in [0, 0.1) is 11.8 Å². The molecule has 0 spiro atoms. The van der Waals surface area contributed by atoms with E-state index in [0.29, 0.717) is 12.0 Å². The van der Waals surface area contributed by atoms with Crippen molar-refractivity contribution in [1.29, 1.82) is 0 Å². The Bertz CT molecular complexity index is 317. The second-order valence-electron chi connectivity index (χ2n) is 4.75. The molecular weight excluding hydrogens is 170 g/mol. The number of rotatable bonds is 1. The van der Waals surface area contributed by atoms with E-state index in [0.717, 1.165) is 5.92 Å². The maximum Gasteiger partial charge on any atom is 0.0375 e. The van der Waals surface area contributed by atoms with Gasteiger partial charge in [-0.1, -0.05) is 39.0 Å². The Kier molecular flexibility index (Phi) is 2.49. The van der Waals surface area contributed by atoms with Gasteiger partial charge < -0.3 is 5.32 Å².